The van der Waals surface area contributed by atoms with E-state index in [0.717, 1.165) is 11.1 Å². The summed E-state index contributed by atoms with van der Waals surface area (Å²) in [5.74, 6) is -0.0746. The molecule has 0 unspecified atom stereocenters. The number of methoxy groups -OCH3 is 1. The van der Waals surface area contributed by atoms with Crippen molar-refractivity contribution >= 4 is 40.6 Å². The summed E-state index contributed by atoms with van der Waals surface area (Å²) < 4.78 is 4.54. The standard InChI is InChI=1S/C23H21N3O3S/c1-29-23(28)26-22(30)25-19-10-11-20(21(27)16-7-3-2-4-8-16)17(14-19)12-15-6-5-9-18(24)13-15/h2-11,14,24H,12-13H2,1H3,(H2,25,26,28,30). The zero-order valence-corrected chi connectivity index (χ0v) is 17.2. The van der Waals surface area contributed by atoms with Gasteiger partial charge in [0.15, 0.2) is 10.9 Å². The van der Waals surface area contributed by atoms with Gasteiger partial charge in [-0.3, -0.25) is 10.1 Å². The van der Waals surface area contributed by atoms with Gasteiger partial charge in [0.25, 0.3) is 0 Å². The van der Waals surface area contributed by atoms with Crippen molar-refractivity contribution in [2.24, 2.45) is 0 Å². The van der Waals surface area contributed by atoms with E-state index in [4.69, 9.17) is 17.6 Å². The topological polar surface area (TPSA) is 91.3 Å². The van der Waals surface area contributed by atoms with Crippen LogP contribution in [0.1, 0.15) is 27.9 Å². The quantitative estimate of drug-likeness (QED) is 0.493. The molecule has 0 atom stereocenters. The highest BCUT2D eigenvalue weighted by Crippen LogP contribution is 2.24. The zero-order chi connectivity index (χ0) is 21.5. The van der Waals surface area contributed by atoms with Crippen LogP contribution in [0.3, 0.4) is 0 Å². The number of amides is 1. The van der Waals surface area contributed by atoms with Gasteiger partial charge in [0.1, 0.15) is 0 Å². The third-order valence-corrected chi connectivity index (χ3v) is 4.71. The number of rotatable bonds is 5. The fourth-order valence-electron chi connectivity index (χ4n) is 3.12. The largest absolute Gasteiger partial charge is 0.453 e. The molecule has 2 aromatic carbocycles. The highest BCUT2D eigenvalue weighted by molar-refractivity contribution is 7.80. The first-order chi connectivity index (χ1) is 14.5. The van der Waals surface area contributed by atoms with Crippen LogP contribution in [0.15, 0.2) is 72.3 Å². The van der Waals surface area contributed by atoms with E-state index in [9.17, 15) is 9.59 Å². The summed E-state index contributed by atoms with van der Waals surface area (Å²) in [5.41, 5.74) is 4.20. The number of carbonyl (C=O) groups excluding carboxylic acids is 2. The smallest absolute Gasteiger partial charge is 0.413 e. The maximum atomic E-state index is 13.1. The highest BCUT2D eigenvalue weighted by atomic mass is 32.1. The van der Waals surface area contributed by atoms with Crippen LogP contribution >= 0.6 is 12.2 Å². The lowest BCUT2D eigenvalue weighted by atomic mass is 9.90. The Morgan fingerprint density at radius 2 is 1.93 bits per heavy atom. The third kappa shape index (κ3) is 5.48. The van der Waals surface area contributed by atoms with Crippen molar-refractivity contribution in [2.45, 2.75) is 12.8 Å². The molecule has 0 fully saturated rings. The third-order valence-electron chi connectivity index (χ3n) is 4.51. The summed E-state index contributed by atoms with van der Waals surface area (Å²) in [5, 5.41) is 13.3. The fraction of sp³-hybridized carbons (Fsp3) is 0.130. The Bertz CT molecular complexity index is 1060. The second-order valence-corrected chi connectivity index (χ2v) is 7.11. The Morgan fingerprint density at radius 1 is 1.17 bits per heavy atom. The number of carbonyl (C=O) groups is 2. The van der Waals surface area contributed by atoms with E-state index in [1.807, 2.05) is 36.4 Å². The van der Waals surface area contributed by atoms with E-state index in [1.165, 1.54) is 7.11 Å². The number of anilines is 1. The van der Waals surface area contributed by atoms with Gasteiger partial charge in [-0.1, -0.05) is 48.1 Å². The van der Waals surface area contributed by atoms with Gasteiger partial charge in [-0.05, 0) is 48.5 Å². The van der Waals surface area contributed by atoms with E-state index in [1.54, 1.807) is 30.3 Å². The first-order valence-electron chi connectivity index (χ1n) is 9.28. The molecule has 152 valence electrons. The number of ether oxygens (including phenoxy) is 1. The van der Waals surface area contributed by atoms with Crippen LogP contribution in [0.5, 0.6) is 0 Å². The van der Waals surface area contributed by atoms with Crippen LogP contribution in [-0.4, -0.2) is 29.8 Å². The Labute approximate surface area is 180 Å². The lowest BCUT2D eigenvalue weighted by molar-refractivity contribution is 0.103. The van der Waals surface area contributed by atoms with Gasteiger partial charge in [0.05, 0.1) is 7.11 Å². The molecule has 7 heteroatoms. The molecule has 0 aliphatic heterocycles. The molecule has 3 N–H and O–H groups in total. The number of benzene rings is 2. The molecular formula is C23H21N3O3S. The van der Waals surface area contributed by atoms with Gasteiger partial charge in [0.2, 0.25) is 0 Å². The minimum absolute atomic E-state index is 0.0746. The monoisotopic (exact) mass is 419 g/mol. The van der Waals surface area contributed by atoms with E-state index in [2.05, 4.69) is 15.4 Å². The van der Waals surface area contributed by atoms with E-state index < -0.39 is 6.09 Å². The van der Waals surface area contributed by atoms with Gasteiger partial charge >= 0.3 is 6.09 Å². The molecule has 0 radical (unpaired) electrons. The second-order valence-electron chi connectivity index (χ2n) is 6.70. The Hall–Kier alpha value is -3.58. The molecule has 0 spiro atoms. The maximum Gasteiger partial charge on any atom is 0.413 e. The van der Waals surface area contributed by atoms with Crippen LogP contribution in [0, 0.1) is 5.41 Å². The lowest BCUT2D eigenvalue weighted by Gasteiger charge is -2.16. The lowest BCUT2D eigenvalue weighted by Crippen LogP contribution is -2.33. The summed E-state index contributed by atoms with van der Waals surface area (Å²) in [7, 11) is 1.25. The number of alkyl carbamates (subject to hydrolysis) is 1. The molecule has 3 rings (SSSR count). The van der Waals surface area contributed by atoms with Crippen molar-refractivity contribution in [1.82, 2.24) is 5.32 Å². The van der Waals surface area contributed by atoms with Gasteiger partial charge in [-0.2, -0.15) is 0 Å². The number of nitrogens with one attached hydrogen (secondary N) is 3. The summed E-state index contributed by atoms with van der Waals surface area (Å²) in [6.07, 6.45) is 5.97. The predicted octanol–water partition coefficient (Wildman–Crippen LogP) is 4.42. The molecule has 6 nitrogen and oxygen atoms in total. The van der Waals surface area contributed by atoms with Crippen LogP contribution < -0.4 is 10.6 Å². The van der Waals surface area contributed by atoms with Crippen LogP contribution in [0.25, 0.3) is 0 Å². The molecule has 1 aliphatic carbocycles. The van der Waals surface area contributed by atoms with Crippen molar-refractivity contribution in [3.8, 4) is 0 Å². The Morgan fingerprint density at radius 3 is 2.63 bits per heavy atom. The first-order valence-corrected chi connectivity index (χ1v) is 9.69. The molecular weight excluding hydrogens is 398 g/mol. The summed E-state index contributed by atoms with van der Waals surface area (Å²) in [4.78, 5) is 24.4. The van der Waals surface area contributed by atoms with Gasteiger partial charge in [-0.25, -0.2) is 4.79 Å². The number of hydrogen-bond donors (Lipinski definition) is 3. The van der Waals surface area contributed by atoms with Crippen molar-refractivity contribution in [3.63, 3.8) is 0 Å². The fourth-order valence-corrected chi connectivity index (χ4v) is 3.32. The Kier molecular flexibility index (Phi) is 6.87. The maximum absolute atomic E-state index is 13.1. The van der Waals surface area contributed by atoms with Crippen LogP contribution in [0.4, 0.5) is 10.5 Å². The SMILES string of the molecule is COC(=O)NC(=S)Nc1ccc(C(=O)c2ccccc2)c(CC2=CC=CC(=N)C2)c1. The molecule has 0 heterocycles. The minimum atomic E-state index is -0.666. The zero-order valence-electron chi connectivity index (χ0n) is 16.4. The molecule has 0 aromatic heterocycles. The van der Waals surface area contributed by atoms with Crippen molar-refractivity contribution in [3.05, 3.63) is 89.0 Å². The summed E-state index contributed by atoms with van der Waals surface area (Å²) in [6.45, 7) is 0. The molecule has 1 amide bonds. The molecule has 30 heavy (non-hydrogen) atoms. The molecule has 2 aromatic rings. The molecule has 0 bridgehead atoms. The van der Waals surface area contributed by atoms with Crippen molar-refractivity contribution in [2.75, 3.05) is 12.4 Å². The van der Waals surface area contributed by atoms with E-state index >= 15 is 0 Å². The number of hydrogen-bond acceptors (Lipinski definition) is 5. The average molecular weight is 420 g/mol. The molecule has 1 aliphatic rings. The Balaban J connectivity index is 1.91. The molecule has 0 saturated heterocycles. The highest BCUT2D eigenvalue weighted by Gasteiger charge is 2.17. The summed E-state index contributed by atoms with van der Waals surface area (Å²) >= 11 is 5.12. The van der Waals surface area contributed by atoms with Crippen LogP contribution in [-0.2, 0) is 11.2 Å². The van der Waals surface area contributed by atoms with Gasteiger partial charge < -0.3 is 15.5 Å². The van der Waals surface area contributed by atoms with E-state index in [0.29, 0.717) is 35.4 Å². The normalized spacial score (nSPS) is 12.7. The van der Waals surface area contributed by atoms with Crippen LogP contribution in [0.2, 0.25) is 0 Å². The van der Waals surface area contributed by atoms with Gasteiger partial charge in [0, 0.05) is 28.9 Å². The van der Waals surface area contributed by atoms with Gasteiger partial charge in [-0.15, -0.1) is 0 Å². The average Bonchev–Trinajstić information content (AvgIpc) is 2.74. The number of allylic oxidation sites excluding steroid dienone is 4. The predicted molar refractivity (Wildman–Crippen MR) is 121 cm³/mol. The second kappa shape index (κ2) is 9.76. The molecule has 0 saturated carbocycles. The first kappa shape index (κ1) is 21.1. The minimum Gasteiger partial charge on any atom is -0.453 e. The van der Waals surface area contributed by atoms with E-state index in [-0.39, 0.29) is 10.9 Å². The summed E-state index contributed by atoms with van der Waals surface area (Å²) in [6, 6.07) is 14.4. The van der Waals surface area contributed by atoms with Crippen molar-refractivity contribution < 1.29 is 14.3 Å². The number of thiocarbonyl (C=S) groups is 1. The van der Waals surface area contributed by atoms with Crippen molar-refractivity contribution in [1.29, 1.82) is 5.41 Å². The number of ketones is 1.